The summed E-state index contributed by atoms with van der Waals surface area (Å²) in [4.78, 5) is 127. The number of fused-ring (bicyclic) bond motifs is 14. The maximum absolute atomic E-state index is 14.3. The molecular formula is C52H52N14O10S6. The maximum Gasteiger partial charge on any atom is 0.320 e. The van der Waals surface area contributed by atoms with Gasteiger partial charge in [-0.05, 0) is 37.0 Å². The van der Waals surface area contributed by atoms with E-state index in [0.717, 1.165) is 22.7 Å². The minimum atomic E-state index is -1.28. The second-order valence-corrected chi connectivity index (χ2v) is 24.4. The standard InChI is InChI=1S/C52H52N14O10S6/c1-23(2)37-51-66-40(32(82-51)18-76-5)44(73)55-17-35(68)63-41(42(71)25-10-7-6-8-11-25)50-60-31(21-79-50)48-58-29(19-78-48)39-26(13-14-27(56-39)47-61-33(22-80-47)62-52(75)54-15-9-12-36(69)70)46-59-30(20-77-46)43(72)57-28(16-34(67)53-4)49-65-38(24(3)81-49)45(74)64-37/h6-8,10-11,13-14,19-23,28,37,41-42,71H,9,12,15-18H2,1-5H3,(H,53,67)(H,55,73)(H,57,72)(H,63,68)(H,64,74)(H,69,70)(H2,54,62,75)/t28-,37-,41-,42-/m0/s1. The van der Waals surface area contributed by atoms with Crippen molar-refractivity contribution >= 4 is 115 Å². The second-order valence-electron chi connectivity index (χ2n) is 18.6. The van der Waals surface area contributed by atoms with E-state index in [0.29, 0.717) is 68.7 Å². The van der Waals surface area contributed by atoms with Crippen LogP contribution in [0.3, 0.4) is 0 Å². The van der Waals surface area contributed by atoms with Crippen LogP contribution in [0.15, 0.2) is 64.0 Å². The summed E-state index contributed by atoms with van der Waals surface area (Å²) >= 11 is 7.10. The lowest BCUT2D eigenvalue weighted by molar-refractivity contribution is -0.137. The summed E-state index contributed by atoms with van der Waals surface area (Å²) in [5.41, 5.74) is 2.60. The van der Waals surface area contributed by atoms with Gasteiger partial charge in [-0.2, -0.15) is 0 Å². The highest BCUT2D eigenvalue weighted by Crippen LogP contribution is 2.40. The number of urea groups is 1. The highest BCUT2D eigenvalue weighted by Gasteiger charge is 2.33. The number of carboxylic acids is 1. The van der Waals surface area contributed by atoms with Gasteiger partial charge in [0.05, 0.1) is 42.2 Å². The zero-order valence-electron chi connectivity index (χ0n) is 44.2. The van der Waals surface area contributed by atoms with Gasteiger partial charge in [0.15, 0.2) is 0 Å². The van der Waals surface area contributed by atoms with E-state index in [1.807, 2.05) is 13.8 Å². The number of aromatic nitrogens is 7. The number of aliphatic carboxylic acids is 1. The van der Waals surface area contributed by atoms with Crippen molar-refractivity contribution < 1.29 is 48.5 Å². The summed E-state index contributed by atoms with van der Waals surface area (Å²) in [6.07, 6.45) is -1.36. The molecule has 0 radical (unpaired) electrons. The number of pyridine rings is 1. The van der Waals surface area contributed by atoms with E-state index in [4.69, 9.17) is 29.8 Å². The SMILES string of the molecule is CNC(=O)C[C@@H]1NC(=O)c2csc(n2)-c2ccc(-c3nc(NC(=O)NCCCC(=O)O)cs3)nc2-c2csc(n2)-c2csc(n2)[C@H]([C@@H](O)c2ccccc2)NC(=O)CNC(=O)c2nc(sc2COC)[C@H](C(C)C)NC(=O)c2nc1sc2C. The number of rotatable bonds is 13. The molecule has 1 aliphatic rings. The molecule has 7 amide bonds. The van der Waals surface area contributed by atoms with Crippen LogP contribution in [0.5, 0.6) is 0 Å². The zero-order chi connectivity index (χ0) is 58.2. The molecule has 0 saturated heterocycles. The molecule has 30 heteroatoms. The molecule has 10 bridgehead atoms. The zero-order valence-corrected chi connectivity index (χ0v) is 49.1. The fourth-order valence-corrected chi connectivity index (χ4v) is 13.7. The number of carbonyl (C=O) groups excluding carboxylic acids is 6. The summed E-state index contributed by atoms with van der Waals surface area (Å²) in [5.74, 6) is -3.91. The second kappa shape index (κ2) is 26.4. The molecule has 0 aliphatic carbocycles. The van der Waals surface area contributed by atoms with Gasteiger partial charge in [-0.15, -0.1) is 68.0 Å². The van der Waals surface area contributed by atoms with E-state index in [1.54, 1.807) is 70.9 Å². The third-order valence-electron chi connectivity index (χ3n) is 12.3. The van der Waals surface area contributed by atoms with Gasteiger partial charge in [-0.1, -0.05) is 44.2 Å². The molecule has 7 aromatic heterocycles. The number of nitrogens with zero attached hydrogens (tertiary/aromatic N) is 7. The third kappa shape index (κ3) is 13.9. The lowest BCUT2D eigenvalue weighted by Crippen LogP contribution is -2.40. The lowest BCUT2D eigenvalue weighted by atomic mass is 10.0. The van der Waals surface area contributed by atoms with Gasteiger partial charge in [0.2, 0.25) is 11.8 Å². The number of thiazole rings is 6. The van der Waals surface area contributed by atoms with Crippen molar-refractivity contribution in [2.45, 2.75) is 70.9 Å². The van der Waals surface area contributed by atoms with Crippen molar-refractivity contribution in [2.24, 2.45) is 5.92 Å². The molecule has 9 N–H and O–H groups in total. The molecule has 1 aliphatic heterocycles. The molecule has 0 saturated carbocycles. The van der Waals surface area contributed by atoms with E-state index >= 15 is 0 Å². The molecule has 82 heavy (non-hydrogen) atoms. The Labute approximate surface area is 491 Å². The quantitative estimate of drug-likeness (QED) is 0.0511. The van der Waals surface area contributed by atoms with E-state index < -0.39 is 72.3 Å². The Morgan fingerprint density at radius 1 is 0.720 bits per heavy atom. The van der Waals surface area contributed by atoms with Crippen LogP contribution in [0, 0.1) is 12.8 Å². The first-order chi connectivity index (χ1) is 39.5. The predicted octanol–water partition coefficient (Wildman–Crippen LogP) is 7.30. The Kier molecular flexibility index (Phi) is 18.9. The molecule has 8 aromatic rings. The third-order valence-corrected chi connectivity index (χ3v) is 18.1. The van der Waals surface area contributed by atoms with Crippen LogP contribution in [-0.4, -0.2) is 114 Å². The fourth-order valence-electron chi connectivity index (χ4n) is 8.24. The molecular weight excluding hydrogens is 1170 g/mol. The number of aliphatic hydroxyl groups is 1. The molecule has 0 fully saturated rings. The molecule has 1 aromatic carbocycles. The van der Waals surface area contributed by atoms with Crippen molar-refractivity contribution in [3.05, 3.63) is 111 Å². The molecule has 4 atom stereocenters. The number of aryl methyl sites for hydroxylation is 1. The van der Waals surface area contributed by atoms with Crippen molar-refractivity contribution in [3.63, 3.8) is 0 Å². The molecule has 8 heterocycles. The summed E-state index contributed by atoms with van der Waals surface area (Å²) in [7, 11) is 2.93. The number of carboxylic acid groups (broad SMARTS) is 1. The predicted molar refractivity (Wildman–Crippen MR) is 311 cm³/mol. The Hall–Kier alpha value is -7.84. The van der Waals surface area contributed by atoms with Crippen LogP contribution in [0.4, 0.5) is 10.6 Å². The van der Waals surface area contributed by atoms with E-state index in [-0.39, 0.29) is 66.2 Å². The summed E-state index contributed by atoms with van der Waals surface area (Å²) in [6, 6.07) is 8.84. The number of nitrogens with one attached hydrogen (secondary N) is 7. The first-order valence-corrected chi connectivity index (χ1v) is 30.3. The first-order valence-electron chi connectivity index (χ1n) is 25.2. The topological polar surface area (TPSA) is 344 Å². The number of hydrogen-bond donors (Lipinski definition) is 9. The first kappa shape index (κ1) is 58.8. The molecule has 24 nitrogen and oxygen atoms in total. The number of aliphatic hydroxyl groups excluding tert-OH is 1. The van der Waals surface area contributed by atoms with Gasteiger partial charge >= 0.3 is 12.0 Å². The van der Waals surface area contributed by atoms with Gasteiger partial charge in [0.25, 0.3) is 17.7 Å². The Balaban J connectivity index is 1.11. The van der Waals surface area contributed by atoms with Crippen LogP contribution in [0.25, 0.3) is 43.4 Å². The van der Waals surface area contributed by atoms with Gasteiger partial charge in [-0.25, -0.2) is 39.7 Å². The van der Waals surface area contributed by atoms with Crippen LogP contribution in [-0.2, 0) is 25.7 Å². The summed E-state index contributed by atoms with van der Waals surface area (Å²) < 4.78 is 5.44. The summed E-state index contributed by atoms with van der Waals surface area (Å²) in [5, 5.41) is 49.2. The number of carbonyl (C=O) groups is 7. The van der Waals surface area contributed by atoms with Crippen LogP contribution in [0.2, 0.25) is 0 Å². The maximum atomic E-state index is 14.3. The fraction of sp³-hybridized carbons (Fsp3) is 0.308. The Morgan fingerprint density at radius 2 is 1.44 bits per heavy atom. The Morgan fingerprint density at radius 3 is 2.20 bits per heavy atom. The lowest BCUT2D eigenvalue weighted by Gasteiger charge is -2.23. The van der Waals surface area contributed by atoms with Crippen molar-refractivity contribution in [1.29, 1.82) is 0 Å². The van der Waals surface area contributed by atoms with E-state index in [2.05, 4.69) is 52.2 Å². The average molecular weight is 1230 g/mol. The molecule has 426 valence electrons. The van der Waals surface area contributed by atoms with Gasteiger partial charge in [0, 0.05) is 59.1 Å². The van der Waals surface area contributed by atoms with Gasteiger partial charge in [0.1, 0.15) is 82.2 Å². The molecule has 0 spiro atoms. The largest absolute Gasteiger partial charge is 0.481 e. The highest BCUT2D eigenvalue weighted by atomic mass is 32.1. The van der Waals surface area contributed by atoms with Gasteiger partial charge < -0.3 is 46.9 Å². The van der Waals surface area contributed by atoms with Crippen molar-refractivity contribution in [2.75, 3.05) is 32.6 Å². The minimum absolute atomic E-state index is 0.00161. The number of benzene rings is 1. The van der Waals surface area contributed by atoms with Crippen LogP contribution >= 0.6 is 68.0 Å². The highest BCUT2D eigenvalue weighted by molar-refractivity contribution is 7.15. The number of ether oxygens (including phenoxy) is 1. The molecule has 9 rings (SSSR count). The number of amides is 7. The molecule has 0 unspecified atom stereocenters. The monoisotopic (exact) mass is 1220 g/mol. The van der Waals surface area contributed by atoms with Crippen molar-refractivity contribution in [3.8, 4) is 43.4 Å². The normalized spacial score (nSPS) is 16.3. The minimum Gasteiger partial charge on any atom is -0.481 e. The van der Waals surface area contributed by atoms with Crippen LogP contribution in [0.1, 0.15) is 119 Å². The number of anilines is 1. The van der Waals surface area contributed by atoms with E-state index in [1.165, 1.54) is 59.5 Å². The average Bonchev–Trinajstić information content (AvgIpc) is 4.45. The summed E-state index contributed by atoms with van der Waals surface area (Å²) in [6.45, 7) is 5.08. The van der Waals surface area contributed by atoms with Crippen molar-refractivity contribution in [1.82, 2.24) is 66.8 Å². The van der Waals surface area contributed by atoms with Gasteiger partial charge in [-0.3, -0.25) is 34.1 Å². The smallest absolute Gasteiger partial charge is 0.320 e. The number of hydrogen-bond acceptors (Lipinski definition) is 22. The Bertz CT molecular complexity index is 3670. The number of methoxy groups -OCH3 is 1. The van der Waals surface area contributed by atoms with E-state index in [9.17, 15) is 38.7 Å². The van der Waals surface area contributed by atoms with Crippen LogP contribution < -0.4 is 37.2 Å².